The Labute approximate surface area is 132 Å². The summed E-state index contributed by atoms with van der Waals surface area (Å²) in [4.78, 5) is 23.7. The van der Waals surface area contributed by atoms with Crippen LogP contribution < -0.4 is 5.32 Å². The lowest BCUT2D eigenvalue weighted by molar-refractivity contribution is -0.385. The Kier molecular flexibility index (Phi) is 4.82. The second-order valence-corrected chi connectivity index (χ2v) is 5.77. The molecule has 2 aromatic rings. The molecule has 1 N–H and O–H groups in total. The second kappa shape index (κ2) is 6.62. The predicted molar refractivity (Wildman–Crippen MR) is 88.7 cm³/mol. The van der Waals surface area contributed by atoms with Crippen LogP contribution in [0.15, 0.2) is 41.3 Å². The van der Waals surface area contributed by atoms with Gasteiger partial charge < -0.3 is 5.32 Å². The Morgan fingerprint density at radius 3 is 2.45 bits per heavy atom. The first kappa shape index (κ1) is 16.0. The minimum atomic E-state index is -0.542. The van der Waals surface area contributed by atoms with Crippen molar-refractivity contribution in [2.75, 3.05) is 11.6 Å². The molecule has 0 radical (unpaired) electrons. The molecule has 0 bridgehead atoms. The maximum Gasteiger partial charge on any atom is 0.282 e. The van der Waals surface area contributed by atoms with E-state index >= 15 is 0 Å². The fourth-order valence-electron chi connectivity index (χ4n) is 2.00. The first-order chi connectivity index (χ1) is 10.4. The van der Waals surface area contributed by atoms with Gasteiger partial charge in [-0.3, -0.25) is 14.9 Å². The van der Waals surface area contributed by atoms with Crippen molar-refractivity contribution in [2.24, 2.45) is 0 Å². The molecule has 114 valence electrons. The Morgan fingerprint density at radius 1 is 1.14 bits per heavy atom. The van der Waals surface area contributed by atoms with Gasteiger partial charge in [-0.2, -0.15) is 0 Å². The van der Waals surface area contributed by atoms with Crippen molar-refractivity contribution in [3.8, 4) is 0 Å². The number of nitrogens with zero attached hydrogens (tertiary/aromatic N) is 1. The molecule has 0 fully saturated rings. The van der Waals surface area contributed by atoms with Gasteiger partial charge in [0.15, 0.2) is 0 Å². The number of nitro benzene ring substituents is 1. The molecule has 0 aliphatic carbocycles. The number of rotatable bonds is 4. The van der Waals surface area contributed by atoms with Gasteiger partial charge in [-0.25, -0.2) is 0 Å². The van der Waals surface area contributed by atoms with Crippen LogP contribution in [-0.4, -0.2) is 17.1 Å². The van der Waals surface area contributed by atoms with E-state index < -0.39 is 10.8 Å². The number of thioether (sulfide) groups is 1. The normalized spacial score (nSPS) is 10.3. The maximum absolute atomic E-state index is 12.4. The fourth-order valence-corrected chi connectivity index (χ4v) is 2.44. The first-order valence-corrected chi connectivity index (χ1v) is 7.86. The van der Waals surface area contributed by atoms with E-state index in [1.54, 1.807) is 18.2 Å². The molecule has 0 aromatic heterocycles. The Balaban J connectivity index is 2.35. The summed E-state index contributed by atoms with van der Waals surface area (Å²) in [5, 5.41) is 13.8. The van der Waals surface area contributed by atoms with Gasteiger partial charge in [-0.05, 0) is 55.5 Å². The summed E-state index contributed by atoms with van der Waals surface area (Å²) < 4.78 is 0. The fraction of sp³-hybridized carbons (Fsp3) is 0.188. The van der Waals surface area contributed by atoms with Crippen LogP contribution in [0.5, 0.6) is 0 Å². The van der Waals surface area contributed by atoms with Gasteiger partial charge in [-0.1, -0.05) is 6.07 Å². The Bertz CT molecular complexity index is 744. The van der Waals surface area contributed by atoms with Crippen molar-refractivity contribution in [1.29, 1.82) is 0 Å². The number of benzene rings is 2. The van der Waals surface area contributed by atoms with E-state index in [0.29, 0.717) is 5.69 Å². The van der Waals surface area contributed by atoms with E-state index in [1.165, 1.54) is 17.8 Å². The molecule has 0 aliphatic heterocycles. The summed E-state index contributed by atoms with van der Waals surface area (Å²) in [5.41, 5.74) is 2.66. The molecule has 0 aliphatic rings. The highest BCUT2D eigenvalue weighted by atomic mass is 32.2. The molecule has 0 spiro atoms. The van der Waals surface area contributed by atoms with Gasteiger partial charge >= 0.3 is 0 Å². The molecule has 0 heterocycles. The first-order valence-electron chi connectivity index (χ1n) is 6.63. The molecule has 0 atom stereocenters. The van der Waals surface area contributed by atoms with Crippen molar-refractivity contribution in [2.45, 2.75) is 18.7 Å². The number of hydrogen-bond donors (Lipinski definition) is 1. The average molecular weight is 316 g/mol. The molecule has 5 nitrogen and oxygen atoms in total. The summed E-state index contributed by atoms with van der Waals surface area (Å²) in [5.74, 6) is -0.481. The van der Waals surface area contributed by atoms with Crippen LogP contribution in [0.3, 0.4) is 0 Å². The molecule has 1 amide bonds. The predicted octanol–water partition coefficient (Wildman–Crippen LogP) is 4.19. The molecular formula is C16H16N2O3S. The van der Waals surface area contributed by atoms with Crippen LogP contribution in [-0.2, 0) is 0 Å². The number of aryl methyl sites for hydroxylation is 2. The SMILES string of the molecule is CSc1ccc([N+](=O)[O-])c(C(=O)Nc2ccc(C)c(C)c2)c1. The van der Waals surface area contributed by atoms with Crippen LogP contribution in [0.25, 0.3) is 0 Å². The van der Waals surface area contributed by atoms with Gasteiger partial charge in [0.1, 0.15) is 5.56 Å². The number of nitro groups is 1. The maximum atomic E-state index is 12.4. The van der Waals surface area contributed by atoms with E-state index in [9.17, 15) is 14.9 Å². The molecule has 0 saturated carbocycles. The monoisotopic (exact) mass is 316 g/mol. The highest BCUT2D eigenvalue weighted by Gasteiger charge is 2.20. The zero-order chi connectivity index (χ0) is 16.3. The van der Waals surface area contributed by atoms with E-state index in [-0.39, 0.29) is 11.3 Å². The zero-order valence-corrected chi connectivity index (χ0v) is 13.4. The van der Waals surface area contributed by atoms with Crippen LogP contribution in [0.2, 0.25) is 0 Å². The number of hydrogen-bond acceptors (Lipinski definition) is 4. The number of nitrogens with one attached hydrogen (secondary N) is 1. The summed E-state index contributed by atoms with van der Waals surface area (Å²) in [6.07, 6.45) is 1.85. The van der Waals surface area contributed by atoms with Gasteiger partial charge in [0.25, 0.3) is 11.6 Å². The van der Waals surface area contributed by atoms with Crippen molar-refractivity contribution in [3.63, 3.8) is 0 Å². The minimum absolute atomic E-state index is 0.0649. The second-order valence-electron chi connectivity index (χ2n) is 4.89. The van der Waals surface area contributed by atoms with Crippen LogP contribution in [0.4, 0.5) is 11.4 Å². The molecular weight excluding hydrogens is 300 g/mol. The summed E-state index contributed by atoms with van der Waals surface area (Å²) in [6.45, 7) is 3.93. The zero-order valence-electron chi connectivity index (χ0n) is 12.5. The highest BCUT2D eigenvalue weighted by Crippen LogP contribution is 2.26. The quantitative estimate of drug-likeness (QED) is 0.521. The number of carbonyl (C=O) groups excluding carboxylic acids is 1. The van der Waals surface area contributed by atoms with Crippen molar-refractivity contribution < 1.29 is 9.72 Å². The summed E-state index contributed by atoms with van der Waals surface area (Å²) in [6, 6.07) is 10.1. The van der Waals surface area contributed by atoms with Crippen LogP contribution in [0.1, 0.15) is 21.5 Å². The third kappa shape index (κ3) is 3.46. The lowest BCUT2D eigenvalue weighted by Crippen LogP contribution is -2.14. The van der Waals surface area contributed by atoms with Crippen molar-refractivity contribution in [1.82, 2.24) is 0 Å². The Morgan fingerprint density at radius 2 is 1.86 bits per heavy atom. The third-order valence-corrected chi connectivity index (χ3v) is 4.14. The third-order valence-electron chi connectivity index (χ3n) is 3.41. The van der Waals surface area contributed by atoms with Gasteiger partial charge in [0.05, 0.1) is 4.92 Å². The van der Waals surface area contributed by atoms with E-state index in [4.69, 9.17) is 0 Å². The van der Waals surface area contributed by atoms with Crippen molar-refractivity contribution >= 4 is 29.0 Å². The number of anilines is 1. The molecule has 22 heavy (non-hydrogen) atoms. The smallest absolute Gasteiger partial charge is 0.282 e. The Hall–Kier alpha value is -2.34. The lowest BCUT2D eigenvalue weighted by atomic mass is 10.1. The highest BCUT2D eigenvalue weighted by molar-refractivity contribution is 7.98. The number of amides is 1. The topological polar surface area (TPSA) is 72.2 Å². The number of carbonyl (C=O) groups is 1. The summed E-state index contributed by atoms with van der Waals surface area (Å²) >= 11 is 1.43. The standard InChI is InChI=1S/C16H16N2O3S/c1-10-4-5-12(8-11(10)2)17-16(19)14-9-13(22-3)6-7-15(14)18(20)21/h4-9H,1-3H3,(H,17,19). The van der Waals surface area contributed by atoms with E-state index in [1.807, 2.05) is 32.2 Å². The molecule has 2 aromatic carbocycles. The van der Waals surface area contributed by atoms with Crippen LogP contribution in [0, 0.1) is 24.0 Å². The van der Waals surface area contributed by atoms with Gasteiger partial charge in [0.2, 0.25) is 0 Å². The van der Waals surface area contributed by atoms with Gasteiger partial charge in [-0.15, -0.1) is 11.8 Å². The molecule has 0 saturated heterocycles. The summed E-state index contributed by atoms with van der Waals surface area (Å²) in [7, 11) is 0. The van der Waals surface area contributed by atoms with E-state index in [0.717, 1.165) is 16.0 Å². The van der Waals surface area contributed by atoms with Gasteiger partial charge in [0, 0.05) is 16.6 Å². The largest absolute Gasteiger partial charge is 0.322 e. The van der Waals surface area contributed by atoms with Crippen molar-refractivity contribution in [3.05, 3.63) is 63.2 Å². The lowest BCUT2D eigenvalue weighted by Gasteiger charge is -2.09. The minimum Gasteiger partial charge on any atom is -0.322 e. The average Bonchev–Trinajstić information content (AvgIpc) is 2.50. The molecule has 0 unspecified atom stereocenters. The molecule has 2 rings (SSSR count). The van der Waals surface area contributed by atoms with E-state index in [2.05, 4.69) is 5.32 Å². The van der Waals surface area contributed by atoms with Crippen LogP contribution >= 0.6 is 11.8 Å². The molecule has 6 heteroatoms.